The molecule has 0 heterocycles. The Kier molecular flexibility index (Phi) is 3.01. The maximum absolute atomic E-state index is 10.7. The molecule has 0 radical (unpaired) electrons. The number of hydrogen-bond acceptors (Lipinski definition) is 2. The van der Waals surface area contributed by atoms with E-state index in [1.54, 1.807) is 6.92 Å². The molecule has 0 aromatic carbocycles. The van der Waals surface area contributed by atoms with Crippen molar-refractivity contribution in [3.63, 3.8) is 0 Å². The molecule has 5 unspecified atom stereocenters. The van der Waals surface area contributed by atoms with E-state index in [-0.39, 0.29) is 0 Å². The molecule has 2 saturated carbocycles. The van der Waals surface area contributed by atoms with E-state index in [1.165, 1.54) is 25.7 Å². The second kappa shape index (κ2) is 4.12. The molecule has 0 spiro atoms. The summed E-state index contributed by atoms with van der Waals surface area (Å²) in [7, 11) is 0. The van der Waals surface area contributed by atoms with Crippen LogP contribution in [0.5, 0.6) is 0 Å². The average molecular weight is 211 g/mol. The first kappa shape index (κ1) is 10.9. The van der Waals surface area contributed by atoms with E-state index in [0.717, 1.165) is 11.8 Å². The van der Waals surface area contributed by atoms with Gasteiger partial charge in [-0.3, -0.25) is 4.79 Å². The van der Waals surface area contributed by atoms with Gasteiger partial charge in [0.15, 0.2) is 0 Å². The summed E-state index contributed by atoms with van der Waals surface area (Å²) in [5, 5.41) is 12.0. The topological polar surface area (TPSA) is 49.3 Å². The molecule has 3 nitrogen and oxygen atoms in total. The van der Waals surface area contributed by atoms with Crippen molar-refractivity contribution in [2.45, 2.75) is 51.6 Å². The number of aliphatic carboxylic acids is 1. The predicted octanol–water partition coefficient (Wildman–Crippen LogP) is 1.87. The summed E-state index contributed by atoms with van der Waals surface area (Å²) in [4.78, 5) is 10.7. The van der Waals surface area contributed by atoms with Gasteiger partial charge in [0.25, 0.3) is 0 Å². The molecule has 2 N–H and O–H groups in total. The van der Waals surface area contributed by atoms with E-state index in [9.17, 15) is 4.79 Å². The molecule has 0 aliphatic heterocycles. The van der Waals surface area contributed by atoms with E-state index in [1.807, 2.05) is 0 Å². The Labute approximate surface area is 91.2 Å². The molecule has 0 saturated heterocycles. The van der Waals surface area contributed by atoms with Gasteiger partial charge in [-0.25, -0.2) is 0 Å². The summed E-state index contributed by atoms with van der Waals surface area (Å²) in [6, 6.07) is -0.0643. The molecule has 2 fully saturated rings. The van der Waals surface area contributed by atoms with Crippen LogP contribution in [-0.2, 0) is 4.79 Å². The van der Waals surface area contributed by atoms with Crippen LogP contribution in [0.15, 0.2) is 0 Å². The number of carboxylic acids is 1. The number of carbonyl (C=O) groups is 1. The zero-order valence-corrected chi connectivity index (χ0v) is 9.57. The summed E-state index contributed by atoms with van der Waals surface area (Å²) in [6.45, 7) is 3.87. The summed E-state index contributed by atoms with van der Waals surface area (Å²) >= 11 is 0. The van der Waals surface area contributed by atoms with E-state index in [2.05, 4.69) is 12.2 Å². The van der Waals surface area contributed by atoms with Crippen LogP contribution in [0.3, 0.4) is 0 Å². The summed E-state index contributed by atoms with van der Waals surface area (Å²) in [6.07, 6.45) is 5.47. The fourth-order valence-electron chi connectivity index (χ4n) is 3.50. The lowest BCUT2D eigenvalue weighted by atomic mass is 9.84. The van der Waals surface area contributed by atoms with Crippen LogP contribution in [0.25, 0.3) is 0 Å². The minimum Gasteiger partial charge on any atom is -0.480 e. The van der Waals surface area contributed by atoms with Crippen LogP contribution in [-0.4, -0.2) is 23.2 Å². The zero-order valence-electron chi connectivity index (χ0n) is 9.57. The SMILES string of the molecule is CC(NC(C)C1CC2CCC1C2)C(=O)O. The second-order valence-corrected chi connectivity index (χ2v) is 5.35. The molecule has 15 heavy (non-hydrogen) atoms. The molecule has 3 heteroatoms. The molecule has 86 valence electrons. The highest BCUT2D eigenvalue weighted by atomic mass is 16.4. The van der Waals surface area contributed by atoms with Crippen LogP contribution >= 0.6 is 0 Å². The molecule has 0 amide bonds. The van der Waals surface area contributed by atoms with E-state index in [0.29, 0.717) is 12.0 Å². The third-order valence-electron chi connectivity index (χ3n) is 4.32. The zero-order chi connectivity index (χ0) is 11.0. The number of carboxylic acid groups (broad SMARTS) is 1. The lowest BCUT2D eigenvalue weighted by molar-refractivity contribution is -0.139. The van der Waals surface area contributed by atoms with Crippen molar-refractivity contribution in [2.75, 3.05) is 0 Å². The van der Waals surface area contributed by atoms with Gasteiger partial charge in [0.1, 0.15) is 6.04 Å². The maximum atomic E-state index is 10.7. The van der Waals surface area contributed by atoms with Crippen molar-refractivity contribution in [2.24, 2.45) is 17.8 Å². The molecule has 2 rings (SSSR count). The van der Waals surface area contributed by atoms with Crippen LogP contribution in [0, 0.1) is 17.8 Å². The minimum atomic E-state index is -0.745. The highest BCUT2D eigenvalue weighted by Crippen LogP contribution is 2.49. The highest BCUT2D eigenvalue weighted by Gasteiger charge is 2.42. The van der Waals surface area contributed by atoms with Crippen LogP contribution in [0.2, 0.25) is 0 Å². The minimum absolute atomic E-state index is 0.353. The molecule has 2 aliphatic rings. The van der Waals surface area contributed by atoms with Gasteiger partial charge in [-0.15, -0.1) is 0 Å². The quantitative estimate of drug-likeness (QED) is 0.746. The Hall–Kier alpha value is -0.570. The molecule has 0 aromatic heterocycles. The fourth-order valence-corrected chi connectivity index (χ4v) is 3.50. The number of rotatable bonds is 4. The summed E-state index contributed by atoms with van der Waals surface area (Å²) in [5.74, 6) is 1.76. The summed E-state index contributed by atoms with van der Waals surface area (Å²) < 4.78 is 0. The van der Waals surface area contributed by atoms with Crippen molar-refractivity contribution in [1.82, 2.24) is 5.32 Å². The second-order valence-electron chi connectivity index (χ2n) is 5.35. The Morgan fingerprint density at radius 2 is 2.07 bits per heavy atom. The lowest BCUT2D eigenvalue weighted by Crippen LogP contribution is -2.44. The van der Waals surface area contributed by atoms with Gasteiger partial charge < -0.3 is 10.4 Å². The third kappa shape index (κ3) is 2.17. The number of nitrogens with one attached hydrogen (secondary N) is 1. The Morgan fingerprint density at radius 1 is 1.33 bits per heavy atom. The first-order valence-electron chi connectivity index (χ1n) is 6.06. The van der Waals surface area contributed by atoms with E-state index >= 15 is 0 Å². The van der Waals surface area contributed by atoms with Crippen molar-refractivity contribution in [1.29, 1.82) is 0 Å². The molecule has 5 atom stereocenters. The first-order chi connectivity index (χ1) is 7.08. The lowest BCUT2D eigenvalue weighted by Gasteiger charge is -2.29. The van der Waals surface area contributed by atoms with Gasteiger partial charge in [-0.2, -0.15) is 0 Å². The van der Waals surface area contributed by atoms with Gasteiger partial charge in [-0.05, 0) is 50.9 Å². The molecule has 2 aliphatic carbocycles. The molecular formula is C12H21NO2. The number of fused-ring (bicyclic) bond motifs is 2. The highest BCUT2D eigenvalue weighted by molar-refractivity contribution is 5.72. The smallest absolute Gasteiger partial charge is 0.320 e. The van der Waals surface area contributed by atoms with Crippen molar-refractivity contribution in [3.8, 4) is 0 Å². The van der Waals surface area contributed by atoms with E-state index in [4.69, 9.17) is 5.11 Å². The van der Waals surface area contributed by atoms with Crippen LogP contribution < -0.4 is 5.32 Å². The van der Waals surface area contributed by atoms with Crippen molar-refractivity contribution >= 4 is 5.97 Å². The number of hydrogen-bond donors (Lipinski definition) is 2. The standard InChI is InChI=1S/C12H21NO2/c1-7(13-8(2)12(14)15)11-6-9-3-4-10(11)5-9/h7-11,13H,3-6H2,1-2H3,(H,14,15). The van der Waals surface area contributed by atoms with Crippen molar-refractivity contribution in [3.05, 3.63) is 0 Å². The molecule has 0 aromatic rings. The van der Waals surface area contributed by atoms with Gasteiger partial charge >= 0.3 is 5.97 Å². The van der Waals surface area contributed by atoms with E-state index < -0.39 is 12.0 Å². The van der Waals surface area contributed by atoms with Gasteiger partial charge in [-0.1, -0.05) is 6.42 Å². The Balaban J connectivity index is 1.86. The predicted molar refractivity (Wildman–Crippen MR) is 58.6 cm³/mol. The Morgan fingerprint density at radius 3 is 2.53 bits per heavy atom. The third-order valence-corrected chi connectivity index (χ3v) is 4.32. The molecular weight excluding hydrogens is 190 g/mol. The maximum Gasteiger partial charge on any atom is 0.320 e. The van der Waals surface area contributed by atoms with Gasteiger partial charge in [0, 0.05) is 6.04 Å². The Bertz CT molecular complexity index is 254. The normalized spacial score (nSPS) is 37.9. The summed E-state index contributed by atoms with van der Waals surface area (Å²) in [5.41, 5.74) is 0. The molecule has 2 bridgehead atoms. The fraction of sp³-hybridized carbons (Fsp3) is 0.917. The van der Waals surface area contributed by atoms with Gasteiger partial charge in [0.05, 0.1) is 0 Å². The monoisotopic (exact) mass is 211 g/mol. The largest absolute Gasteiger partial charge is 0.480 e. The average Bonchev–Trinajstić information content (AvgIpc) is 2.78. The van der Waals surface area contributed by atoms with Crippen molar-refractivity contribution < 1.29 is 9.90 Å². The van der Waals surface area contributed by atoms with Crippen LogP contribution in [0.4, 0.5) is 0 Å². The first-order valence-corrected chi connectivity index (χ1v) is 6.06. The van der Waals surface area contributed by atoms with Gasteiger partial charge in [0.2, 0.25) is 0 Å². The van der Waals surface area contributed by atoms with Crippen LogP contribution in [0.1, 0.15) is 39.5 Å².